The van der Waals surface area contributed by atoms with Gasteiger partial charge in [-0.25, -0.2) is 4.98 Å². The average molecular weight is 407 g/mol. The van der Waals surface area contributed by atoms with Crippen molar-refractivity contribution in [2.24, 2.45) is 0 Å². The highest BCUT2D eigenvalue weighted by Gasteiger charge is 2.27. The van der Waals surface area contributed by atoms with E-state index in [0.29, 0.717) is 13.1 Å². The maximum atomic E-state index is 13.3. The zero-order chi connectivity index (χ0) is 21.3. The van der Waals surface area contributed by atoms with Crippen LogP contribution in [-0.2, 0) is 13.1 Å². The lowest BCUT2D eigenvalue weighted by Crippen LogP contribution is -2.48. The van der Waals surface area contributed by atoms with Crippen molar-refractivity contribution in [2.75, 3.05) is 18.1 Å². The molecule has 1 aromatic heterocycles. The van der Waals surface area contributed by atoms with E-state index in [1.807, 2.05) is 18.4 Å². The molecule has 0 unspecified atom stereocenters. The topological polar surface area (TPSA) is 41.4 Å². The Morgan fingerprint density at radius 2 is 1.90 bits per heavy atom. The van der Waals surface area contributed by atoms with Gasteiger partial charge in [0.2, 0.25) is 5.95 Å². The highest BCUT2D eigenvalue weighted by molar-refractivity contribution is 5.60. The van der Waals surface area contributed by atoms with Gasteiger partial charge < -0.3 is 0 Å². The maximum Gasteiger partial charge on any atom is 0.259 e. The third-order valence-electron chi connectivity index (χ3n) is 6.66. The first-order valence-electron chi connectivity index (χ1n) is 11.3. The fourth-order valence-corrected chi connectivity index (χ4v) is 4.60. The summed E-state index contributed by atoms with van der Waals surface area (Å²) in [7, 11) is 0. The zero-order valence-corrected chi connectivity index (χ0v) is 18.9. The van der Waals surface area contributed by atoms with Crippen LogP contribution in [0.5, 0.6) is 0 Å². The third kappa shape index (κ3) is 4.08. The summed E-state index contributed by atoms with van der Waals surface area (Å²) in [5.41, 5.74) is 7.00. The molecule has 1 aliphatic heterocycles. The van der Waals surface area contributed by atoms with Crippen LogP contribution in [0.2, 0.25) is 0 Å². The Hall–Kier alpha value is -2.40. The SMILES string of the molecule is CCc1c(C)nc2n(c1=O)CN(CCC1=CCCCC1)CN2c1ccc(C)c(C)c1. The molecule has 160 valence electrons. The average Bonchev–Trinajstić information content (AvgIpc) is 2.75. The molecule has 0 bridgehead atoms. The quantitative estimate of drug-likeness (QED) is 0.656. The second-order valence-corrected chi connectivity index (χ2v) is 8.79. The monoisotopic (exact) mass is 406 g/mol. The number of aryl methyl sites for hydroxylation is 3. The zero-order valence-electron chi connectivity index (χ0n) is 18.9. The smallest absolute Gasteiger partial charge is 0.259 e. The number of hydrogen-bond acceptors (Lipinski definition) is 4. The highest BCUT2D eigenvalue weighted by Crippen LogP contribution is 2.30. The first-order valence-corrected chi connectivity index (χ1v) is 11.3. The summed E-state index contributed by atoms with van der Waals surface area (Å²) in [6.45, 7) is 10.6. The summed E-state index contributed by atoms with van der Waals surface area (Å²) < 4.78 is 1.87. The number of hydrogen-bond donors (Lipinski definition) is 0. The van der Waals surface area contributed by atoms with E-state index in [-0.39, 0.29) is 5.56 Å². The van der Waals surface area contributed by atoms with Crippen LogP contribution in [0.1, 0.15) is 61.4 Å². The largest absolute Gasteiger partial charge is 0.298 e. The minimum Gasteiger partial charge on any atom is -0.298 e. The fourth-order valence-electron chi connectivity index (χ4n) is 4.60. The number of allylic oxidation sites excluding steroid dienone is 1. The van der Waals surface area contributed by atoms with Crippen molar-refractivity contribution < 1.29 is 0 Å². The lowest BCUT2D eigenvalue weighted by Gasteiger charge is -2.39. The van der Waals surface area contributed by atoms with Crippen LogP contribution in [0, 0.1) is 20.8 Å². The molecule has 0 amide bonds. The molecule has 0 N–H and O–H groups in total. The maximum absolute atomic E-state index is 13.3. The molecule has 1 aromatic carbocycles. The van der Waals surface area contributed by atoms with E-state index >= 15 is 0 Å². The van der Waals surface area contributed by atoms with Crippen molar-refractivity contribution >= 4 is 11.6 Å². The third-order valence-corrected chi connectivity index (χ3v) is 6.66. The predicted octanol–water partition coefficient (Wildman–Crippen LogP) is 4.99. The van der Waals surface area contributed by atoms with Crippen LogP contribution in [0.4, 0.5) is 11.6 Å². The molecule has 5 heteroatoms. The van der Waals surface area contributed by atoms with Gasteiger partial charge in [-0.1, -0.05) is 24.6 Å². The van der Waals surface area contributed by atoms with Crippen molar-refractivity contribution in [2.45, 2.75) is 72.9 Å². The normalized spacial score (nSPS) is 17.1. The van der Waals surface area contributed by atoms with Gasteiger partial charge in [-0.15, -0.1) is 0 Å². The van der Waals surface area contributed by atoms with E-state index < -0.39 is 0 Å². The van der Waals surface area contributed by atoms with Gasteiger partial charge in [0.05, 0.1) is 13.3 Å². The van der Waals surface area contributed by atoms with Gasteiger partial charge in [0, 0.05) is 23.5 Å². The number of anilines is 2. The summed E-state index contributed by atoms with van der Waals surface area (Å²) in [6, 6.07) is 6.52. The summed E-state index contributed by atoms with van der Waals surface area (Å²) in [4.78, 5) is 22.8. The number of fused-ring (bicyclic) bond motifs is 1. The van der Waals surface area contributed by atoms with E-state index in [1.165, 1.54) is 36.8 Å². The van der Waals surface area contributed by atoms with Gasteiger partial charge in [0.1, 0.15) is 0 Å². The molecule has 0 radical (unpaired) electrons. The van der Waals surface area contributed by atoms with Crippen molar-refractivity contribution in [1.82, 2.24) is 14.5 Å². The summed E-state index contributed by atoms with van der Waals surface area (Å²) in [5, 5.41) is 0. The lowest BCUT2D eigenvalue weighted by atomic mass is 9.97. The van der Waals surface area contributed by atoms with Crippen LogP contribution in [0.25, 0.3) is 0 Å². The van der Waals surface area contributed by atoms with Gasteiger partial charge in [-0.3, -0.25) is 19.2 Å². The molecule has 1 aliphatic carbocycles. The summed E-state index contributed by atoms with van der Waals surface area (Å²) in [6.07, 6.45) is 9.31. The summed E-state index contributed by atoms with van der Waals surface area (Å²) >= 11 is 0. The molecule has 2 aromatic rings. The standard InChI is InChI=1S/C25H34N4O/c1-5-23-20(4)26-25-28(22-12-11-18(2)19(3)15-22)16-27(17-29(25)24(23)30)14-13-21-9-7-6-8-10-21/h9,11-12,15H,5-8,10,13-14,16-17H2,1-4H3. The van der Waals surface area contributed by atoms with Gasteiger partial charge in [-0.05, 0) is 82.6 Å². The van der Waals surface area contributed by atoms with E-state index in [1.54, 1.807) is 5.57 Å². The minimum absolute atomic E-state index is 0.107. The molecule has 0 spiro atoms. The van der Waals surface area contributed by atoms with E-state index in [4.69, 9.17) is 4.98 Å². The minimum atomic E-state index is 0.107. The summed E-state index contributed by atoms with van der Waals surface area (Å²) in [5.74, 6) is 0.770. The predicted molar refractivity (Wildman–Crippen MR) is 123 cm³/mol. The van der Waals surface area contributed by atoms with E-state index in [9.17, 15) is 4.79 Å². The number of benzene rings is 1. The molecule has 5 nitrogen and oxygen atoms in total. The number of rotatable bonds is 5. The Labute approximate surface area is 180 Å². The Bertz CT molecular complexity index is 1020. The van der Waals surface area contributed by atoms with Crippen molar-refractivity contribution in [3.63, 3.8) is 0 Å². The number of aromatic nitrogens is 2. The molecule has 2 aliphatic rings. The van der Waals surface area contributed by atoms with Gasteiger partial charge in [-0.2, -0.15) is 0 Å². The highest BCUT2D eigenvalue weighted by atomic mass is 16.1. The molecule has 0 saturated heterocycles. The first kappa shape index (κ1) is 20.9. The van der Waals surface area contributed by atoms with Crippen LogP contribution in [0.15, 0.2) is 34.6 Å². The van der Waals surface area contributed by atoms with Crippen LogP contribution >= 0.6 is 0 Å². The Morgan fingerprint density at radius 1 is 1.07 bits per heavy atom. The molecule has 4 rings (SSSR count). The Kier molecular flexibility index (Phi) is 6.09. The van der Waals surface area contributed by atoms with E-state index in [0.717, 1.165) is 42.5 Å². The Morgan fingerprint density at radius 3 is 2.60 bits per heavy atom. The van der Waals surface area contributed by atoms with Crippen molar-refractivity contribution in [3.8, 4) is 0 Å². The second kappa shape index (κ2) is 8.76. The number of nitrogens with zero attached hydrogens (tertiary/aromatic N) is 4. The van der Waals surface area contributed by atoms with Gasteiger partial charge in [0.15, 0.2) is 0 Å². The van der Waals surface area contributed by atoms with Crippen LogP contribution in [-0.4, -0.2) is 27.7 Å². The first-order chi connectivity index (χ1) is 14.5. The molecule has 2 heterocycles. The van der Waals surface area contributed by atoms with Gasteiger partial charge >= 0.3 is 0 Å². The molecule has 0 saturated carbocycles. The fraction of sp³-hybridized carbons (Fsp3) is 0.520. The van der Waals surface area contributed by atoms with Gasteiger partial charge in [0.25, 0.3) is 5.56 Å². The lowest BCUT2D eigenvalue weighted by molar-refractivity contribution is 0.199. The van der Waals surface area contributed by atoms with Crippen molar-refractivity contribution in [3.05, 3.63) is 62.6 Å². The molecular weight excluding hydrogens is 372 g/mol. The van der Waals surface area contributed by atoms with Crippen LogP contribution in [0.3, 0.4) is 0 Å². The molecule has 0 atom stereocenters. The Balaban J connectivity index is 1.70. The molecule has 30 heavy (non-hydrogen) atoms. The van der Waals surface area contributed by atoms with E-state index in [2.05, 4.69) is 47.9 Å². The molecule has 0 fully saturated rings. The second-order valence-electron chi connectivity index (χ2n) is 8.79. The van der Waals surface area contributed by atoms with Crippen molar-refractivity contribution in [1.29, 1.82) is 0 Å². The van der Waals surface area contributed by atoms with Crippen LogP contribution < -0.4 is 10.5 Å². The molecular formula is C25H34N4O.